The fraction of sp³-hybridized carbons (Fsp3) is 0.543. The number of hydrogen-bond donors (Lipinski definition) is 3. The van der Waals surface area contributed by atoms with E-state index in [0.717, 1.165) is 81.3 Å². The van der Waals surface area contributed by atoms with E-state index in [9.17, 15) is 14.7 Å². The molecule has 252 valence electrons. The van der Waals surface area contributed by atoms with Crippen molar-refractivity contribution in [2.45, 2.75) is 77.7 Å². The molecule has 0 aliphatic carbocycles. The summed E-state index contributed by atoms with van der Waals surface area (Å²) in [7, 11) is 0. The minimum absolute atomic E-state index is 0.106. The summed E-state index contributed by atoms with van der Waals surface area (Å²) in [5.74, 6) is 2.88. The molecule has 3 aromatic rings. The molecule has 0 saturated carbocycles. The average molecular weight is 646 g/mol. The fourth-order valence-corrected chi connectivity index (χ4v) is 6.68. The lowest BCUT2D eigenvalue weighted by atomic mass is 9.99. The van der Waals surface area contributed by atoms with E-state index >= 15 is 0 Å². The lowest BCUT2D eigenvalue weighted by molar-refractivity contribution is -0.129. The van der Waals surface area contributed by atoms with E-state index < -0.39 is 6.10 Å². The molecule has 1 unspecified atom stereocenters. The Hall–Kier alpha value is -4.16. The highest BCUT2D eigenvalue weighted by atomic mass is 16.5. The van der Waals surface area contributed by atoms with Gasteiger partial charge in [-0.25, -0.2) is 9.97 Å². The van der Waals surface area contributed by atoms with Crippen LogP contribution in [0.5, 0.6) is 5.75 Å². The van der Waals surface area contributed by atoms with Crippen LogP contribution in [-0.4, -0.2) is 94.6 Å². The number of aliphatic hydroxyl groups is 1. The van der Waals surface area contributed by atoms with Gasteiger partial charge in [-0.1, -0.05) is 6.07 Å². The molecule has 3 aliphatic heterocycles. The highest BCUT2D eigenvalue weighted by Gasteiger charge is 2.24. The van der Waals surface area contributed by atoms with Crippen LogP contribution in [0.15, 0.2) is 41.1 Å². The van der Waals surface area contributed by atoms with Gasteiger partial charge in [-0.2, -0.15) is 0 Å². The van der Waals surface area contributed by atoms with Gasteiger partial charge in [-0.05, 0) is 80.8 Å². The number of aromatic nitrogens is 2. The second-order valence-corrected chi connectivity index (χ2v) is 13.0. The normalized spacial score (nSPS) is 18.0. The maximum atomic E-state index is 13.4. The SMILES string of the molecule is CC(=O)N1CCC(Nc2cc(C(=O)NCC(O)CN3CCc4cc(OCc5ocnc5C)ccc4C3)cc(N3CCCCC3)n2)CC1. The monoisotopic (exact) mass is 645 g/mol. The van der Waals surface area contributed by atoms with Crippen LogP contribution in [0.2, 0.25) is 0 Å². The largest absolute Gasteiger partial charge is 0.486 e. The summed E-state index contributed by atoms with van der Waals surface area (Å²) in [5.41, 5.74) is 3.81. The number of oxazole rings is 1. The summed E-state index contributed by atoms with van der Waals surface area (Å²) in [4.78, 5) is 40.5. The van der Waals surface area contributed by atoms with Crippen molar-refractivity contribution in [2.75, 3.05) is 56.0 Å². The van der Waals surface area contributed by atoms with Crippen molar-refractivity contribution < 1.29 is 23.8 Å². The van der Waals surface area contributed by atoms with E-state index in [-0.39, 0.29) is 24.4 Å². The Kier molecular flexibility index (Phi) is 10.6. The number of piperidine rings is 2. The van der Waals surface area contributed by atoms with Gasteiger partial charge in [0.25, 0.3) is 5.91 Å². The van der Waals surface area contributed by atoms with Gasteiger partial charge >= 0.3 is 0 Å². The van der Waals surface area contributed by atoms with Crippen LogP contribution in [0.3, 0.4) is 0 Å². The predicted molar refractivity (Wildman–Crippen MR) is 179 cm³/mol. The zero-order valence-electron chi connectivity index (χ0n) is 27.5. The minimum atomic E-state index is -0.708. The number of nitrogens with one attached hydrogen (secondary N) is 2. The first-order valence-electron chi connectivity index (χ1n) is 16.9. The highest BCUT2D eigenvalue weighted by Crippen LogP contribution is 2.26. The van der Waals surface area contributed by atoms with Crippen LogP contribution in [0.25, 0.3) is 0 Å². The first kappa shape index (κ1) is 32.8. The molecule has 3 N–H and O–H groups in total. The van der Waals surface area contributed by atoms with Crippen LogP contribution in [0.1, 0.15) is 72.0 Å². The molecule has 0 spiro atoms. The van der Waals surface area contributed by atoms with E-state index in [0.29, 0.717) is 37.6 Å². The number of fused-ring (bicyclic) bond motifs is 1. The van der Waals surface area contributed by atoms with Crippen LogP contribution in [-0.2, 0) is 24.4 Å². The van der Waals surface area contributed by atoms with Crippen molar-refractivity contribution in [3.05, 3.63) is 64.9 Å². The van der Waals surface area contributed by atoms with Crippen molar-refractivity contribution in [3.8, 4) is 5.75 Å². The third kappa shape index (κ3) is 8.61. The molecule has 1 atom stereocenters. The Morgan fingerprint density at radius 3 is 2.62 bits per heavy atom. The smallest absolute Gasteiger partial charge is 0.251 e. The average Bonchev–Trinajstić information content (AvgIpc) is 3.50. The maximum Gasteiger partial charge on any atom is 0.251 e. The van der Waals surface area contributed by atoms with E-state index in [4.69, 9.17) is 14.1 Å². The summed E-state index contributed by atoms with van der Waals surface area (Å²) < 4.78 is 11.3. The number of nitrogens with zero attached hydrogens (tertiary/aromatic N) is 5. The van der Waals surface area contributed by atoms with Crippen molar-refractivity contribution in [1.29, 1.82) is 0 Å². The summed E-state index contributed by atoms with van der Waals surface area (Å²) in [5, 5.41) is 17.4. The Morgan fingerprint density at radius 2 is 1.87 bits per heavy atom. The van der Waals surface area contributed by atoms with Crippen molar-refractivity contribution in [2.24, 2.45) is 0 Å². The molecule has 12 nitrogen and oxygen atoms in total. The lowest BCUT2D eigenvalue weighted by Crippen LogP contribution is -2.42. The molecule has 1 aromatic carbocycles. The lowest BCUT2D eigenvalue weighted by Gasteiger charge is -2.32. The molecule has 47 heavy (non-hydrogen) atoms. The van der Waals surface area contributed by atoms with Gasteiger partial charge in [-0.3, -0.25) is 14.5 Å². The highest BCUT2D eigenvalue weighted by molar-refractivity contribution is 5.95. The summed E-state index contributed by atoms with van der Waals surface area (Å²) in [6, 6.07) is 9.99. The van der Waals surface area contributed by atoms with Gasteiger partial charge in [-0.15, -0.1) is 0 Å². The number of carbonyl (C=O) groups excluding carboxylic acids is 2. The molecule has 0 bridgehead atoms. The number of hydrogen-bond acceptors (Lipinski definition) is 10. The maximum absolute atomic E-state index is 13.4. The van der Waals surface area contributed by atoms with Gasteiger partial charge < -0.3 is 34.7 Å². The fourth-order valence-electron chi connectivity index (χ4n) is 6.68. The van der Waals surface area contributed by atoms with E-state index in [1.807, 2.05) is 24.0 Å². The summed E-state index contributed by atoms with van der Waals surface area (Å²) in [6.07, 6.45) is 6.67. The third-order valence-corrected chi connectivity index (χ3v) is 9.50. The Bertz CT molecular complexity index is 1530. The zero-order valence-corrected chi connectivity index (χ0v) is 27.5. The zero-order chi connectivity index (χ0) is 32.8. The van der Waals surface area contributed by atoms with Gasteiger partial charge in [0.15, 0.2) is 12.2 Å². The second kappa shape index (κ2) is 15.2. The van der Waals surface area contributed by atoms with E-state index in [1.165, 1.54) is 23.9 Å². The summed E-state index contributed by atoms with van der Waals surface area (Å²) >= 11 is 0. The van der Waals surface area contributed by atoms with Crippen LogP contribution in [0, 0.1) is 6.92 Å². The molecular formula is C35H47N7O5. The Balaban J connectivity index is 1.02. The van der Waals surface area contributed by atoms with Gasteiger partial charge in [0, 0.05) is 70.9 Å². The number of amides is 2. The van der Waals surface area contributed by atoms with Crippen LogP contribution < -0.4 is 20.3 Å². The first-order chi connectivity index (χ1) is 22.8. The number of carbonyl (C=O) groups is 2. The Labute approximate surface area is 276 Å². The number of ether oxygens (including phenoxy) is 1. The molecule has 3 aliphatic rings. The Morgan fingerprint density at radius 1 is 1.06 bits per heavy atom. The van der Waals surface area contributed by atoms with Crippen LogP contribution >= 0.6 is 0 Å². The molecular weight excluding hydrogens is 598 g/mol. The van der Waals surface area contributed by atoms with Gasteiger partial charge in [0.05, 0.1) is 11.8 Å². The molecule has 2 saturated heterocycles. The molecule has 2 aromatic heterocycles. The summed E-state index contributed by atoms with van der Waals surface area (Å²) in [6.45, 7) is 9.28. The van der Waals surface area contributed by atoms with E-state index in [2.05, 4.69) is 37.6 Å². The van der Waals surface area contributed by atoms with Crippen molar-refractivity contribution in [1.82, 2.24) is 25.1 Å². The number of rotatable bonds is 11. The number of likely N-dealkylation sites (tertiary alicyclic amines) is 1. The molecule has 6 rings (SSSR count). The van der Waals surface area contributed by atoms with E-state index in [1.54, 1.807) is 13.0 Å². The standard InChI is InChI=1S/C35H47N7O5/c1-24-32(47-23-37-24)22-46-31-7-6-27-20-40(13-8-26(27)16-31)21-30(44)19-36-35(45)28-17-33(38-29-9-14-41(15-10-29)25(2)43)39-34(18-28)42-11-4-3-5-12-42/h6-7,16-18,23,29-30,44H,3-5,8-15,19-22H2,1-2H3,(H,36,45)(H,38,39). The van der Waals surface area contributed by atoms with Crippen molar-refractivity contribution >= 4 is 23.5 Å². The minimum Gasteiger partial charge on any atom is -0.486 e. The molecule has 2 amide bonds. The molecule has 2 fully saturated rings. The molecule has 5 heterocycles. The number of β-amino-alcohol motifs (C(OH)–C–C–N with tert-alkyl or cyclic N) is 1. The van der Waals surface area contributed by atoms with Gasteiger partial charge in [0.2, 0.25) is 5.91 Å². The van der Waals surface area contributed by atoms with Crippen molar-refractivity contribution in [3.63, 3.8) is 0 Å². The quantitative estimate of drug-likeness (QED) is 0.284. The molecule has 0 radical (unpaired) electrons. The van der Waals surface area contributed by atoms with Crippen LogP contribution in [0.4, 0.5) is 11.6 Å². The number of pyridine rings is 1. The predicted octanol–water partition coefficient (Wildman–Crippen LogP) is 3.52. The third-order valence-electron chi connectivity index (χ3n) is 9.50. The van der Waals surface area contributed by atoms with Gasteiger partial charge in [0.1, 0.15) is 24.0 Å². The molecule has 12 heteroatoms. The number of benzene rings is 1. The second-order valence-electron chi connectivity index (χ2n) is 13.0. The number of anilines is 2. The number of aliphatic hydroxyl groups excluding tert-OH is 1. The topological polar surface area (TPSA) is 136 Å². The first-order valence-corrected chi connectivity index (χ1v) is 16.9. The number of aryl methyl sites for hydroxylation is 1.